The maximum Gasteiger partial charge on any atom is 0.224 e. The van der Waals surface area contributed by atoms with Gasteiger partial charge in [-0.05, 0) is 49.2 Å². The molecule has 1 unspecified atom stereocenters. The van der Waals surface area contributed by atoms with Crippen LogP contribution in [0.5, 0.6) is 5.75 Å². The van der Waals surface area contributed by atoms with Crippen molar-refractivity contribution >= 4 is 28.5 Å². The standard InChI is InChI=1S/C26H27N9O/c1-16-18(12-29-34(16)19-7-9-21(36-2)10-8-19)14-33-15-20(11-17-5-3-4-6-23(17)33)35-25-22(13-30-35)24(27)31-26(28)32-25/h3-10,12-13,20H,11,14-15H2,1-2H3,(H4,27,28,31,32). The fourth-order valence-electron chi connectivity index (χ4n) is 5.00. The number of fused-ring (bicyclic) bond motifs is 2. The van der Waals surface area contributed by atoms with Crippen LogP contribution in [0.2, 0.25) is 0 Å². The lowest BCUT2D eigenvalue weighted by atomic mass is 9.97. The van der Waals surface area contributed by atoms with Gasteiger partial charge in [0.05, 0.1) is 36.6 Å². The van der Waals surface area contributed by atoms with E-state index in [1.807, 2.05) is 39.8 Å². The Labute approximate surface area is 208 Å². The number of ether oxygens (including phenoxy) is 1. The Bertz CT molecular complexity index is 1550. The summed E-state index contributed by atoms with van der Waals surface area (Å²) < 4.78 is 9.18. The SMILES string of the molecule is COc1ccc(-n2ncc(CN3CC(n4ncc5c(N)nc(N)nc54)Cc4ccccc43)c2C)cc1. The number of nitrogen functional groups attached to an aromatic ring is 2. The molecule has 0 radical (unpaired) electrons. The van der Waals surface area contributed by atoms with E-state index in [0.29, 0.717) is 23.4 Å². The molecule has 0 aliphatic carbocycles. The van der Waals surface area contributed by atoms with Gasteiger partial charge in [-0.25, -0.2) is 9.36 Å². The minimum Gasteiger partial charge on any atom is -0.497 e. The molecule has 1 aliphatic heterocycles. The lowest BCUT2D eigenvalue weighted by Crippen LogP contribution is -2.37. The van der Waals surface area contributed by atoms with E-state index in [9.17, 15) is 0 Å². The number of hydrogen-bond donors (Lipinski definition) is 2. The highest BCUT2D eigenvalue weighted by Gasteiger charge is 2.28. The summed E-state index contributed by atoms with van der Waals surface area (Å²) in [5.41, 5.74) is 18.4. The minimum absolute atomic E-state index is 0.0584. The third-order valence-corrected chi connectivity index (χ3v) is 6.86. The number of anilines is 3. The number of nitrogens with two attached hydrogens (primary N) is 2. The Morgan fingerprint density at radius 1 is 1.00 bits per heavy atom. The van der Waals surface area contributed by atoms with E-state index in [0.717, 1.165) is 35.7 Å². The van der Waals surface area contributed by atoms with Crippen LogP contribution in [0.4, 0.5) is 17.5 Å². The molecule has 1 atom stereocenters. The maximum atomic E-state index is 6.08. The van der Waals surface area contributed by atoms with Crippen molar-refractivity contribution in [1.29, 1.82) is 0 Å². The number of methoxy groups -OCH3 is 1. The molecule has 4 N–H and O–H groups in total. The number of para-hydroxylation sites is 1. The molecule has 36 heavy (non-hydrogen) atoms. The number of benzene rings is 2. The molecule has 0 fully saturated rings. The smallest absolute Gasteiger partial charge is 0.224 e. The van der Waals surface area contributed by atoms with E-state index in [2.05, 4.69) is 56.3 Å². The Balaban J connectivity index is 1.34. The molecular formula is C26H27N9O. The summed E-state index contributed by atoms with van der Waals surface area (Å²) in [4.78, 5) is 10.9. The summed E-state index contributed by atoms with van der Waals surface area (Å²) in [6, 6.07) is 16.5. The molecular weight excluding hydrogens is 454 g/mol. The van der Waals surface area contributed by atoms with E-state index in [1.54, 1.807) is 13.3 Å². The van der Waals surface area contributed by atoms with Gasteiger partial charge in [-0.15, -0.1) is 0 Å². The minimum atomic E-state index is 0.0584. The molecule has 6 rings (SSSR count). The number of hydrogen-bond acceptors (Lipinski definition) is 8. The lowest BCUT2D eigenvalue weighted by Gasteiger charge is -2.36. The quantitative estimate of drug-likeness (QED) is 0.392. The fourth-order valence-corrected chi connectivity index (χ4v) is 5.00. The first-order valence-corrected chi connectivity index (χ1v) is 11.8. The Hall–Kier alpha value is -4.60. The molecule has 1 aliphatic rings. The molecule has 0 amide bonds. The van der Waals surface area contributed by atoms with Gasteiger partial charge < -0.3 is 21.1 Å². The topological polar surface area (TPSA) is 126 Å². The molecule has 10 nitrogen and oxygen atoms in total. The maximum absolute atomic E-state index is 6.08. The molecule has 2 aromatic carbocycles. The second-order valence-corrected chi connectivity index (χ2v) is 9.03. The number of rotatable bonds is 5. The molecule has 0 saturated carbocycles. The van der Waals surface area contributed by atoms with Crippen LogP contribution in [0, 0.1) is 6.92 Å². The lowest BCUT2D eigenvalue weighted by molar-refractivity contribution is 0.414. The summed E-state index contributed by atoms with van der Waals surface area (Å²) in [5, 5.41) is 10.0. The Morgan fingerprint density at radius 3 is 2.61 bits per heavy atom. The summed E-state index contributed by atoms with van der Waals surface area (Å²) in [7, 11) is 1.67. The van der Waals surface area contributed by atoms with Crippen LogP contribution in [-0.2, 0) is 13.0 Å². The second kappa shape index (κ2) is 8.56. The van der Waals surface area contributed by atoms with Gasteiger partial charge in [0.25, 0.3) is 0 Å². The zero-order valence-corrected chi connectivity index (χ0v) is 20.2. The van der Waals surface area contributed by atoms with E-state index in [1.165, 1.54) is 11.3 Å². The van der Waals surface area contributed by atoms with Gasteiger partial charge in [0.1, 0.15) is 11.6 Å². The van der Waals surface area contributed by atoms with Crippen molar-refractivity contribution in [3.05, 3.63) is 77.7 Å². The van der Waals surface area contributed by atoms with E-state index in [4.69, 9.17) is 16.2 Å². The Morgan fingerprint density at radius 2 is 1.81 bits per heavy atom. The molecule has 0 bridgehead atoms. The van der Waals surface area contributed by atoms with E-state index >= 15 is 0 Å². The zero-order chi connectivity index (χ0) is 24.8. The average molecular weight is 482 g/mol. The van der Waals surface area contributed by atoms with Crippen molar-refractivity contribution in [2.75, 3.05) is 30.0 Å². The Kier molecular flexibility index (Phi) is 5.21. The third-order valence-electron chi connectivity index (χ3n) is 6.86. The van der Waals surface area contributed by atoms with Crippen LogP contribution in [-0.4, -0.2) is 43.2 Å². The van der Waals surface area contributed by atoms with Gasteiger partial charge in [0.2, 0.25) is 5.95 Å². The predicted molar refractivity (Wildman–Crippen MR) is 139 cm³/mol. The third kappa shape index (κ3) is 3.67. The number of nitrogens with zero attached hydrogens (tertiary/aromatic N) is 7. The summed E-state index contributed by atoms with van der Waals surface area (Å²) in [6.07, 6.45) is 4.50. The van der Waals surface area contributed by atoms with Crippen molar-refractivity contribution in [1.82, 2.24) is 29.5 Å². The number of aromatic nitrogens is 6. The van der Waals surface area contributed by atoms with Gasteiger partial charge in [0.15, 0.2) is 5.65 Å². The highest BCUT2D eigenvalue weighted by atomic mass is 16.5. The van der Waals surface area contributed by atoms with Crippen LogP contribution in [0.3, 0.4) is 0 Å². The largest absolute Gasteiger partial charge is 0.497 e. The van der Waals surface area contributed by atoms with Crippen LogP contribution >= 0.6 is 0 Å². The monoisotopic (exact) mass is 481 g/mol. The zero-order valence-electron chi connectivity index (χ0n) is 20.2. The molecule has 0 saturated heterocycles. The molecule has 182 valence electrons. The van der Waals surface area contributed by atoms with Crippen LogP contribution in [0.15, 0.2) is 60.9 Å². The molecule has 3 aromatic heterocycles. The van der Waals surface area contributed by atoms with Gasteiger partial charge in [-0.1, -0.05) is 18.2 Å². The van der Waals surface area contributed by atoms with Crippen molar-refractivity contribution in [3.8, 4) is 11.4 Å². The van der Waals surface area contributed by atoms with Gasteiger partial charge in [-0.2, -0.15) is 20.2 Å². The average Bonchev–Trinajstić information content (AvgIpc) is 3.48. The molecule has 0 spiro atoms. The van der Waals surface area contributed by atoms with Crippen molar-refractivity contribution in [3.63, 3.8) is 0 Å². The van der Waals surface area contributed by atoms with E-state index in [-0.39, 0.29) is 12.0 Å². The molecule has 10 heteroatoms. The molecule has 4 heterocycles. The van der Waals surface area contributed by atoms with Gasteiger partial charge in [-0.3, -0.25) is 0 Å². The first-order valence-electron chi connectivity index (χ1n) is 11.8. The van der Waals surface area contributed by atoms with Crippen LogP contribution in [0.25, 0.3) is 16.7 Å². The normalized spacial score (nSPS) is 15.3. The van der Waals surface area contributed by atoms with Crippen molar-refractivity contribution < 1.29 is 4.74 Å². The predicted octanol–water partition coefficient (Wildman–Crippen LogP) is 3.30. The van der Waals surface area contributed by atoms with Crippen molar-refractivity contribution in [2.45, 2.75) is 25.9 Å². The highest BCUT2D eigenvalue weighted by Crippen LogP contribution is 2.35. The summed E-state index contributed by atoms with van der Waals surface area (Å²) in [6.45, 7) is 3.57. The fraction of sp³-hybridized carbons (Fsp3) is 0.231. The molecule has 5 aromatic rings. The summed E-state index contributed by atoms with van der Waals surface area (Å²) in [5.74, 6) is 1.31. The highest BCUT2D eigenvalue weighted by molar-refractivity contribution is 5.86. The second-order valence-electron chi connectivity index (χ2n) is 9.03. The van der Waals surface area contributed by atoms with E-state index < -0.39 is 0 Å². The van der Waals surface area contributed by atoms with Crippen LogP contribution in [0.1, 0.15) is 22.9 Å². The first-order chi connectivity index (χ1) is 17.5. The van der Waals surface area contributed by atoms with Crippen LogP contribution < -0.4 is 21.1 Å². The first kappa shape index (κ1) is 21.9. The van der Waals surface area contributed by atoms with Gasteiger partial charge in [0, 0.05) is 30.0 Å². The van der Waals surface area contributed by atoms with Crippen molar-refractivity contribution in [2.24, 2.45) is 0 Å². The summed E-state index contributed by atoms with van der Waals surface area (Å²) >= 11 is 0. The van der Waals surface area contributed by atoms with Gasteiger partial charge >= 0.3 is 0 Å².